The summed E-state index contributed by atoms with van der Waals surface area (Å²) in [6.07, 6.45) is 2.23. The van der Waals surface area contributed by atoms with E-state index >= 15 is 0 Å². The second-order valence-electron chi connectivity index (χ2n) is 5.56. The van der Waals surface area contributed by atoms with Gasteiger partial charge in [0.2, 0.25) is 11.9 Å². The van der Waals surface area contributed by atoms with Gasteiger partial charge in [0.15, 0.2) is 17.3 Å². The molecule has 1 aromatic carbocycles. The summed E-state index contributed by atoms with van der Waals surface area (Å²) < 4.78 is 17.9. The van der Waals surface area contributed by atoms with Crippen molar-refractivity contribution in [3.05, 3.63) is 23.8 Å². The first kappa shape index (κ1) is 15.4. The summed E-state index contributed by atoms with van der Waals surface area (Å²) in [5.74, 6) is 1.52. The molecule has 1 fully saturated rings. The molecule has 0 spiro atoms. The summed E-state index contributed by atoms with van der Waals surface area (Å²) in [4.78, 5) is 12.4. The molecule has 3 heterocycles. The van der Waals surface area contributed by atoms with E-state index in [1.54, 1.807) is 22.9 Å². The van der Waals surface area contributed by atoms with Crippen LogP contribution in [0.5, 0.6) is 11.5 Å². The highest BCUT2D eigenvalue weighted by atomic mass is 32.2. The van der Waals surface area contributed by atoms with Gasteiger partial charge in [0, 0.05) is 12.2 Å². The van der Waals surface area contributed by atoms with E-state index < -0.39 is 0 Å². The molecule has 8 nitrogen and oxygen atoms in total. The largest absolute Gasteiger partial charge is 0.454 e. The molecule has 1 saturated heterocycles. The van der Waals surface area contributed by atoms with E-state index in [0.29, 0.717) is 28.8 Å². The molecule has 0 radical (unpaired) electrons. The van der Waals surface area contributed by atoms with Crippen LogP contribution in [-0.4, -0.2) is 51.2 Å². The molecule has 0 saturated carbocycles. The highest BCUT2D eigenvalue weighted by molar-refractivity contribution is 7.99. The van der Waals surface area contributed by atoms with Crippen LogP contribution in [0, 0.1) is 0 Å². The highest BCUT2D eigenvalue weighted by Crippen LogP contribution is 2.33. The van der Waals surface area contributed by atoms with Gasteiger partial charge in [-0.3, -0.25) is 4.79 Å². The zero-order valence-corrected chi connectivity index (χ0v) is 13.7. The fraction of sp³-hybridized carbons (Fsp3) is 0.467. The van der Waals surface area contributed by atoms with Gasteiger partial charge < -0.3 is 14.2 Å². The Bertz CT molecular complexity index is 745. The molecule has 0 bridgehead atoms. The maximum atomic E-state index is 12.4. The van der Waals surface area contributed by atoms with Crippen molar-refractivity contribution in [3.8, 4) is 11.5 Å². The van der Waals surface area contributed by atoms with Crippen molar-refractivity contribution in [1.82, 2.24) is 20.2 Å². The van der Waals surface area contributed by atoms with Crippen LogP contribution < -0.4 is 9.47 Å². The Labute approximate surface area is 142 Å². The Kier molecular flexibility index (Phi) is 4.35. The van der Waals surface area contributed by atoms with E-state index in [1.807, 2.05) is 0 Å². The standard InChI is InChI=1S/C15H16N4O4S/c20-12(10-3-4-13-14(6-10)23-9-22-13)8-24-15-16-17-18-19(15)7-11-2-1-5-21-11/h3-4,6,11H,1-2,5,7-9H2/t11-/m1/s1. The fourth-order valence-corrected chi connectivity index (χ4v) is 3.46. The van der Waals surface area contributed by atoms with E-state index in [1.165, 1.54) is 11.8 Å². The first-order chi connectivity index (χ1) is 11.8. The van der Waals surface area contributed by atoms with Crippen LogP contribution in [0.15, 0.2) is 23.4 Å². The zero-order chi connectivity index (χ0) is 16.4. The minimum absolute atomic E-state index is 0.00929. The second kappa shape index (κ2) is 6.78. The predicted molar refractivity (Wildman–Crippen MR) is 84.4 cm³/mol. The summed E-state index contributed by atoms with van der Waals surface area (Å²) >= 11 is 1.32. The Hall–Kier alpha value is -2.13. The lowest BCUT2D eigenvalue weighted by atomic mass is 10.1. The number of benzene rings is 1. The monoisotopic (exact) mass is 348 g/mol. The molecule has 9 heteroatoms. The molecule has 2 aromatic rings. The molecular formula is C15H16N4O4S. The van der Waals surface area contributed by atoms with Gasteiger partial charge in [-0.25, -0.2) is 4.68 Å². The van der Waals surface area contributed by atoms with Gasteiger partial charge in [-0.15, -0.1) is 5.10 Å². The number of carbonyl (C=O) groups excluding carboxylic acids is 1. The number of aromatic nitrogens is 4. The van der Waals surface area contributed by atoms with E-state index in [9.17, 15) is 4.79 Å². The lowest BCUT2D eigenvalue weighted by molar-refractivity contribution is 0.0912. The summed E-state index contributed by atoms with van der Waals surface area (Å²) in [7, 11) is 0. The maximum Gasteiger partial charge on any atom is 0.231 e. The number of carbonyl (C=O) groups is 1. The van der Waals surface area contributed by atoms with Crippen LogP contribution in [0.4, 0.5) is 0 Å². The van der Waals surface area contributed by atoms with Gasteiger partial charge in [-0.05, 0) is 41.5 Å². The van der Waals surface area contributed by atoms with E-state index in [2.05, 4.69) is 15.5 Å². The molecular weight excluding hydrogens is 332 g/mol. The first-order valence-corrected chi connectivity index (χ1v) is 8.71. The third-order valence-corrected chi connectivity index (χ3v) is 4.88. The van der Waals surface area contributed by atoms with Crippen molar-refractivity contribution in [2.24, 2.45) is 0 Å². The van der Waals surface area contributed by atoms with Gasteiger partial charge in [0.05, 0.1) is 18.4 Å². The minimum atomic E-state index is -0.00929. The van der Waals surface area contributed by atoms with Crippen LogP contribution in [-0.2, 0) is 11.3 Å². The quantitative estimate of drug-likeness (QED) is 0.574. The minimum Gasteiger partial charge on any atom is -0.454 e. The molecule has 4 rings (SSSR count). The molecule has 0 N–H and O–H groups in total. The van der Waals surface area contributed by atoms with Crippen LogP contribution in [0.3, 0.4) is 0 Å². The Morgan fingerprint density at radius 1 is 1.33 bits per heavy atom. The Morgan fingerprint density at radius 3 is 3.12 bits per heavy atom. The van der Waals surface area contributed by atoms with Gasteiger partial charge in [-0.2, -0.15) is 0 Å². The summed E-state index contributed by atoms with van der Waals surface area (Å²) in [5.41, 5.74) is 0.588. The normalized spacial score (nSPS) is 18.9. The highest BCUT2D eigenvalue weighted by Gasteiger charge is 2.20. The molecule has 0 unspecified atom stereocenters. The maximum absolute atomic E-state index is 12.4. The van der Waals surface area contributed by atoms with E-state index in [-0.39, 0.29) is 24.4 Å². The van der Waals surface area contributed by atoms with Crippen molar-refractivity contribution in [2.45, 2.75) is 30.6 Å². The summed E-state index contributed by atoms with van der Waals surface area (Å²) in [6, 6.07) is 5.20. The number of tetrazole rings is 1. The topological polar surface area (TPSA) is 88.4 Å². The number of fused-ring (bicyclic) bond motifs is 1. The van der Waals surface area contributed by atoms with Crippen LogP contribution in [0.2, 0.25) is 0 Å². The average molecular weight is 348 g/mol. The predicted octanol–water partition coefficient (Wildman–Crippen LogP) is 1.56. The molecule has 1 aromatic heterocycles. The molecule has 0 aliphatic carbocycles. The lowest BCUT2D eigenvalue weighted by Gasteiger charge is -2.09. The summed E-state index contributed by atoms with van der Waals surface area (Å²) in [6.45, 7) is 1.60. The van der Waals surface area contributed by atoms with E-state index in [0.717, 1.165) is 19.4 Å². The number of Topliss-reactive ketones (excluding diaryl/α,β-unsaturated/α-hetero) is 1. The number of nitrogens with zero attached hydrogens (tertiary/aromatic N) is 4. The van der Waals surface area contributed by atoms with Crippen molar-refractivity contribution in [3.63, 3.8) is 0 Å². The van der Waals surface area contributed by atoms with Crippen molar-refractivity contribution in [1.29, 1.82) is 0 Å². The molecule has 24 heavy (non-hydrogen) atoms. The van der Waals surface area contributed by atoms with Crippen LogP contribution >= 0.6 is 11.8 Å². The number of ether oxygens (including phenoxy) is 3. The SMILES string of the molecule is O=C(CSc1nnnn1C[C@H]1CCCO1)c1ccc2c(c1)OCO2. The number of ketones is 1. The second-order valence-corrected chi connectivity index (χ2v) is 6.50. The average Bonchev–Trinajstić information content (AvgIpc) is 3.34. The van der Waals surface area contributed by atoms with Gasteiger partial charge in [0.1, 0.15) is 0 Å². The lowest BCUT2D eigenvalue weighted by Crippen LogP contribution is -2.17. The smallest absolute Gasteiger partial charge is 0.231 e. The van der Waals surface area contributed by atoms with E-state index in [4.69, 9.17) is 14.2 Å². The zero-order valence-electron chi connectivity index (χ0n) is 12.9. The molecule has 126 valence electrons. The van der Waals surface area contributed by atoms with Gasteiger partial charge in [-0.1, -0.05) is 11.8 Å². The van der Waals surface area contributed by atoms with Crippen molar-refractivity contribution < 1.29 is 19.0 Å². The Balaban J connectivity index is 1.38. The molecule has 2 aliphatic rings. The molecule has 2 aliphatic heterocycles. The molecule has 0 amide bonds. The fourth-order valence-electron chi connectivity index (χ4n) is 2.68. The Morgan fingerprint density at radius 2 is 2.25 bits per heavy atom. The van der Waals surface area contributed by atoms with Crippen molar-refractivity contribution in [2.75, 3.05) is 19.2 Å². The number of hydrogen-bond donors (Lipinski definition) is 0. The van der Waals surface area contributed by atoms with Crippen LogP contribution in [0.25, 0.3) is 0 Å². The number of rotatable bonds is 6. The molecule has 1 atom stereocenters. The van der Waals surface area contributed by atoms with Gasteiger partial charge in [0.25, 0.3) is 0 Å². The number of hydrogen-bond acceptors (Lipinski definition) is 8. The van der Waals surface area contributed by atoms with Crippen molar-refractivity contribution >= 4 is 17.5 Å². The van der Waals surface area contributed by atoms with Crippen LogP contribution in [0.1, 0.15) is 23.2 Å². The number of thioether (sulfide) groups is 1. The first-order valence-electron chi connectivity index (χ1n) is 7.73. The summed E-state index contributed by atoms with van der Waals surface area (Å²) in [5, 5.41) is 12.3. The third kappa shape index (κ3) is 3.22. The third-order valence-electron chi connectivity index (χ3n) is 3.93. The van der Waals surface area contributed by atoms with Gasteiger partial charge >= 0.3 is 0 Å².